The van der Waals surface area contributed by atoms with Crippen LogP contribution in [0.15, 0.2) is 0 Å². The Balaban J connectivity index is 2.00. The Morgan fingerprint density at radius 2 is 1.74 bits per heavy atom. The molecule has 2 rings (SSSR count). The largest absolute Gasteiger partial charge is 0.492 e. The number of aliphatic carboxylic acids is 1. The van der Waals surface area contributed by atoms with Crippen LogP contribution >= 0.6 is 0 Å². The van der Waals surface area contributed by atoms with Crippen molar-refractivity contribution in [3.8, 4) is 11.5 Å². The summed E-state index contributed by atoms with van der Waals surface area (Å²) in [6.07, 6.45) is 9.60. The lowest BCUT2D eigenvalue weighted by Gasteiger charge is -2.38. The molecule has 176 valence electrons. The summed E-state index contributed by atoms with van der Waals surface area (Å²) in [4.78, 5) is 10.8. The maximum absolute atomic E-state index is 10.8. The Hall–Kier alpha value is -1.71. The third kappa shape index (κ3) is 7.15. The highest BCUT2D eigenvalue weighted by Crippen LogP contribution is 2.45. The van der Waals surface area contributed by atoms with E-state index in [0.717, 1.165) is 59.3 Å². The molecule has 1 aromatic carbocycles. The molecule has 31 heavy (non-hydrogen) atoms. The Morgan fingerprint density at radius 1 is 1.06 bits per heavy atom. The van der Waals surface area contributed by atoms with Crippen LogP contribution in [0.5, 0.6) is 11.5 Å². The van der Waals surface area contributed by atoms with Gasteiger partial charge in [-0.25, -0.2) is 0 Å². The lowest BCUT2D eigenvalue weighted by Crippen LogP contribution is -2.37. The van der Waals surface area contributed by atoms with Crippen LogP contribution < -0.4 is 9.47 Å². The van der Waals surface area contributed by atoms with Gasteiger partial charge in [-0.05, 0) is 81.9 Å². The van der Waals surface area contributed by atoms with Gasteiger partial charge in [0.15, 0.2) is 0 Å². The molecule has 2 atom stereocenters. The van der Waals surface area contributed by atoms with Crippen molar-refractivity contribution in [1.82, 2.24) is 0 Å². The third-order valence-corrected chi connectivity index (χ3v) is 7.01. The van der Waals surface area contributed by atoms with E-state index in [9.17, 15) is 4.79 Å². The first kappa shape index (κ1) is 25.5. The topological polar surface area (TPSA) is 55.8 Å². The zero-order valence-corrected chi connectivity index (χ0v) is 20.9. The minimum absolute atomic E-state index is 0.0134. The standard InChI is InChI=1S/C27H44O4/c1-18(2)10-8-11-19(3)12-9-15-27(7)16-13-23-22(6)25(30-17-14-24(28)29)20(4)21(5)26(23)31-27/h18-19H,8-17H2,1-7H3,(H,28,29). The molecule has 0 aromatic heterocycles. The summed E-state index contributed by atoms with van der Waals surface area (Å²) in [6.45, 7) is 15.7. The van der Waals surface area contributed by atoms with E-state index in [1.165, 1.54) is 37.7 Å². The quantitative estimate of drug-likeness (QED) is 0.380. The predicted octanol–water partition coefficient (Wildman–Crippen LogP) is 7.18. The fourth-order valence-corrected chi connectivity index (χ4v) is 4.76. The van der Waals surface area contributed by atoms with Crippen molar-refractivity contribution in [2.24, 2.45) is 11.8 Å². The number of carboxylic acid groups (broad SMARTS) is 1. The van der Waals surface area contributed by atoms with Gasteiger partial charge in [-0.3, -0.25) is 4.79 Å². The number of hydrogen-bond acceptors (Lipinski definition) is 3. The first-order valence-corrected chi connectivity index (χ1v) is 12.2. The van der Waals surface area contributed by atoms with E-state index in [0.29, 0.717) is 0 Å². The van der Waals surface area contributed by atoms with Crippen LogP contribution in [0.4, 0.5) is 0 Å². The summed E-state index contributed by atoms with van der Waals surface area (Å²) in [5.41, 5.74) is 4.40. The first-order chi connectivity index (χ1) is 14.5. The van der Waals surface area contributed by atoms with Crippen molar-refractivity contribution in [1.29, 1.82) is 0 Å². The maximum Gasteiger partial charge on any atom is 0.306 e. The third-order valence-electron chi connectivity index (χ3n) is 7.01. The SMILES string of the molecule is Cc1c(C)c2c(c(C)c1OCCC(=O)O)CCC(C)(CCCC(C)CCCC(C)C)O2. The van der Waals surface area contributed by atoms with Crippen molar-refractivity contribution in [2.75, 3.05) is 6.61 Å². The molecule has 0 spiro atoms. The van der Waals surface area contributed by atoms with Crippen LogP contribution in [-0.4, -0.2) is 23.3 Å². The van der Waals surface area contributed by atoms with Crippen LogP contribution in [-0.2, 0) is 11.2 Å². The molecule has 0 radical (unpaired) electrons. The summed E-state index contributed by atoms with van der Waals surface area (Å²) in [5, 5.41) is 8.90. The number of carbonyl (C=O) groups is 1. The highest BCUT2D eigenvalue weighted by atomic mass is 16.5. The van der Waals surface area contributed by atoms with Crippen molar-refractivity contribution in [3.05, 3.63) is 22.3 Å². The lowest BCUT2D eigenvalue weighted by molar-refractivity contribution is -0.137. The van der Waals surface area contributed by atoms with Gasteiger partial charge in [0.05, 0.1) is 13.0 Å². The zero-order valence-electron chi connectivity index (χ0n) is 20.9. The monoisotopic (exact) mass is 432 g/mol. The average Bonchev–Trinajstić information content (AvgIpc) is 2.68. The molecule has 1 heterocycles. The van der Waals surface area contributed by atoms with Gasteiger partial charge in [0.2, 0.25) is 0 Å². The normalized spacial score (nSPS) is 19.1. The molecule has 0 aliphatic carbocycles. The Kier molecular flexibility index (Phi) is 9.27. The van der Waals surface area contributed by atoms with E-state index >= 15 is 0 Å². The summed E-state index contributed by atoms with van der Waals surface area (Å²) in [5.74, 6) is 2.62. The van der Waals surface area contributed by atoms with Crippen LogP contribution in [0.1, 0.15) is 101 Å². The van der Waals surface area contributed by atoms with Crippen molar-refractivity contribution < 1.29 is 19.4 Å². The van der Waals surface area contributed by atoms with Crippen LogP contribution in [0.25, 0.3) is 0 Å². The first-order valence-electron chi connectivity index (χ1n) is 12.2. The zero-order chi connectivity index (χ0) is 23.2. The molecule has 1 aliphatic rings. The van der Waals surface area contributed by atoms with Gasteiger partial charge in [-0.2, -0.15) is 0 Å². The van der Waals surface area contributed by atoms with E-state index in [1.807, 2.05) is 6.92 Å². The molecule has 4 heteroatoms. The molecule has 0 bridgehead atoms. The van der Waals surface area contributed by atoms with Gasteiger partial charge in [0.25, 0.3) is 0 Å². The van der Waals surface area contributed by atoms with Gasteiger partial charge in [-0.1, -0.05) is 46.5 Å². The van der Waals surface area contributed by atoms with E-state index < -0.39 is 5.97 Å². The van der Waals surface area contributed by atoms with E-state index in [1.54, 1.807) is 0 Å². The predicted molar refractivity (Wildman–Crippen MR) is 127 cm³/mol. The minimum Gasteiger partial charge on any atom is -0.492 e. The van der Waals surface area contributed by atoms with Gasteiger partial charge < -0.3 is 14.6 Å². The van der Waals surface area contributed by atoms with Crippen LogP contribution in [0.2, 0.25) is 0 Å². The molecule has 1 aliphatic heterocycles. The molecule has 0 saturated carbocycles. The van der Waals surface area contributed by atoms with Gasteiger partial charge in [0.1, 0.15) is 17.1 Å². The minimum atomic E-state index is -0.835. The van der Waals surface area contributed by atoms with Crippen LogP contribution in [0.3, 0.4) is 0 Å². The number of ether oxygens (including phenoxy) is 2. The van der Waals surface area contributed by atoms with E-state index in [2.05, 4.69) is 41.5 Å². The second-order valence-corrected chi connectivity index (χ2v) is 10.4. The molecule has 4 nitrogen and oxygen atoms in total. The van der Waals surface area contributed by atoms with Gasteiger partial charge in [-0.15, -0.1) is 0 Å². The van der Waals surface area contributed by atoms with Crippen LogP contribution in [0, 0.1) is 32.6 Å². The highest BCUT2D eigenvalue weighted by molar-refractivity contribution is 5.67. The molecule has 0 amide bonds. The van der Waals surface area contributed by atoms with Crippen molar-refractivity contribution in [2.45, 2.75) is 112 Å². The summed E-state index contributed by atoms with van der Waals surface area (Å²) in [7, 11) is 0. The number of carboxylic acids is 1. The van der Waals surface area contributed by atoms with Gasteiger partial charge in [0, 0.05) is 5.56 Å². The van der Waals surface area contributed by atoms with Crippen molar-refractivity contribution >= 4 is 5.97 Å². The van der Waals surface area contributed by atoms with E-state index in [-0.39, 0.29) is 18.6 Å². The Bertz CT molecular complexity index is 752. The van der Waals surface area contributed by atoms with E-state index in [4.69, 9.17) is 14.6 Å². The van der Waals surface area contributed by atoms with Crippen molar-refractivity contribution in [3.63, 3.8) is 0 Å². The Morgan fingerprint density at radius 3 is 2.39 bits per heavy atom. The molecule has 1 aromatic rings. The number of benzene rings is 1. The summed E-state index contributed by atoms with van der Waals surface area (Å²) >= 11 is 0. The smallest absolute Gasteiger partial charge is 0.306 e. The molecule has 0 fully saturated rings. The summed E-state index contributed by atoms with van der Waals surface area (Å²) < 4.78 is 12.5. The fraction of sp³-hybridized carbons (Fsp3) is 0.741. The summed E-state index contributed by atoms with van der Waals surface area (Å²) in [6, 6.07) is 0. The second-order valence-electron chi connectivity index (χ2n) is 10.4. The second kappa shape index (κ2) is 11.2. The number of hydrogen-bond donors (Lipinski definition) is 1. The molecular weight excluding hydrogens is 388 g/mol. The fourth-order valence-electron chi connectivity index (χ4n) is 4.76. The van der Waals surface area contributed by atoms with Gasteiger partial charge >= 0.3 is 5.97 Å². The Labute approximate surface area is 189 Å². The highest BCUT2D eigenvalue weighted by Gasteiger charge is 2.34. The molecular formula is C27H44O4. The maximum atomic E-state index is 10.8. The number of rotatable bonds is 12. The molecule has 1 N–H and O–H groups in total. The number of fused-ring (bicyclic) bond motifs is 1. The average molecular weight is 433 g/mol. The lowest BCUT2D eigenvalue weighted by atomic mass is 9.84. The molecule has 0 saturated heterocycles. The molecule has 2 unspecified atom stereocenters.